The van der Waals surface area contributed by atoms with Crippen LogP contribution in [0.15, 0.2) is 48.8 Å². The first-order valence-electron chi connectivity index (χ1n) is 9.36. The van der Waals surface area contributed by atoms with E-state index in [0.717, 1.165) is 5.56 Å². The Hall–Kier alpha value is -3.19. The first kappa shape index (κ1) is 20.1. The molecule has 154 valence electrons. The molecule has 1 aliphatic heterocycles. The Morgan fingerprint density at radius 1 is 1.27 bits per heavy atom. The SMILES string of the molecule is COc1ccc(Cc2cnc(N3CC(C(=O)O)C3)nc2)c(F)c1-c1cccc(Cl)c1. The largest absolute Gasteiger partial charge is 0.496 e. The summed E-state index contributed by atoms with van der Waals surface area (Å²) >= 11 is 6.08. The van der Waals surface area contributed by atoms with Gasteiger partial charge in [-0.05, 0) is 34.9 Å². The van der Waals surface area contributed by atoms with Crippen LogP contribution in [0.2, 0.25) is 5.02 Å². The summed E-state index contributed by atoms with van der Waals surface area (Å²) in [4.78, 5) is 21.3. The van der Waals surface area contributed by atoms with Crippen molar-refractivity contribution in [3.63, 3.8) is 0 Å². The number of carboxylic acid groups (broad SMARTS) is 1. The van der Waals surface area contributed by atoms with Gasteiger partial charge in [0, 0.05) is 36.9 Å². The summed E-state index contributed by atoms with van der Waals surface area (Å²) in [5, 5.41) is 9.48. The first-order chi connectivity index (χ1) is 14.5. The molecule has 2 heterocycles. The second-order valence-electron chi connectivity index (χ2n) is 7.13. The molecule has 8 heteroatoms. The number of hydrogen-bond donors (Lipinski definition) is 1. The second-order valence-corrected chi connectivity index (χ2v) is 7.57. The van der Waals surface area contributed by atoms with Crippen molar-refractivity contribution in [2.45, 2.75) is 6.42 Å². The van der Waals surface area contributed by atoms with Crippen molar-refractivity contribution in [3.05, 3.63) is 70.8 Å². The predicted molar refractivity (Wildman–Crippen MR) is 112 cm³/mol. The van der Waals surface area contributed by atoms with E-state index in [2.05, 4.69) is 9.97 Å². The van der Waals surface area contributed by atoms with E-state index in [4.69, 9.17) is 21.4 Å². The molecular weight excluding hydrogens is 409 g/mol. The molecule has 1 aliphatic rings. The number of methoxy groups -OCH3 is 1. The highest BCUT2D eigenvalue weighted by Crippen LogP contribution is 2.36. The maximum atomic E-state index is 15.4. The van der Waals surface area contributed by atoms with Crippen LogP contribution in [0.4, 0.5) is 10.3 Å². The third-order valence-electron chi connectivity index (χ3n) is 5.12. The van der Waals surface area contributed by atoms with Crippen LogP contribution in [-0.4, -0.2) is 41.2 Å². The van der Waals surface area contributed by atoms with Gasteiger partial charge >= 0.3 is 5.97 Å². The van der Waals surface area contributed by atoms with Crippen LogP contribution in [0.25, 0.3) is 11.1 Å². The minimum Gasteiger partial charge on any atom is -0.496 e. The van der Waals surface area contributed by atoms with Crippen LogP contribution in [0, 0.1) is 11.7 Å². The molecule has 1 fully saturated rings. The van der Waals surface area contributed by atoms with Gasteiger partial charge in [-0.2, -0.15) is 0 Å². The summed E-state index contributed by atoms with van der Waals surface area (Å²) in [5.41, 5.74) is 2.22. The molecule has 1 N–H and O–H groups in total. The van der Waals surface area contributed by atoms with Crippen LogP contribution in [0.1, 0.15) is 11.1 Å². The van der Waals surface area contributed by atoms with Crippen molar-refractivity contribution in [2.24, 2.45) is 5.92 Å². The Bertz CT molecular complexity index is 1090. The fourth-order valence-corrected chi connectivity index (χ4v) is 3.63. The molecule has 1 aromatic heterocycles. The van der Waals surface area contributed by atoms with Crippen LogP contribution in [0.3, 0.4) is 0 Å². The monoisotopic (exact) mass is 427 g/mol. The molecule has 0 radical (unpaired) electrons. The zero-order chi connectivity index (χ0) is 21.3. The molecular formula is C22H19ClFN3O3. The molecule has 0 saturated carbocycles. The van der Waals surface area contributed by atoms with E-state index in [1.165, 1.54) is 7.11 Å². The Morgan fingerprint density at radius 3 is 2.63 bits per heavy atom. The van der Waals surface area contributed by atoms with Gasteiger partial charge in [0.15, 0.2) is 0 Å². The van der Waals surface area contributed by atoms with Crippen molar-refractivity contribution in [1.82, 2.24) is 9.97 Å². The average Bonchev–Trinajstić information content (AvgIpc) is 2.69. The molecule has 0 bridgehead atoms. The number of nitrogens with zero attached hydrogens (tertiary/aromatic N) is 3. The van der Waals surface area contributed by atoms with E-state index in [1.807, 2.05) is 0 Å². The summed E-state index contributed by atoms with van der Waals surface area (Å²) in [6.45, 7) is 0.787. The number of rotatable bonds is 6. The van der Waals surface area contributed by atoms with Gasteiger partial charge in [-0.25, -0.2) is 14.4 Å². The molecule has 6 nitrogen and oxygen atoms in total. The van der Waals surface area contributed by atoms with E-state index in [-0.39, 0.29) is 11.7 Å². The van der Waals surface area contributed by atoms with Gasteiger partial charge < -0.3 is 14.7 Å². The Morgan fingerprint density at radius 2 is 2.00 bits per heavy atom. The molecule has 4 rings (SSSR count). The maximum absolute atomic E-state index is 15.4. The standard InChI is InChI=1S/C22H19ClFN3O3/c1-30-18-6-5-15(20(24)19(18)14-3-2-4-17(23)8-14)7-13-9-25-22(26-10-13)27-11-16(12-27)21(28)29/h2-6,8-10,16H,7,11-12H2,1H3,(H,28,29). The smallest absolute Gasteiger partial charge is 0.310 e. The minimum atomic E-state index is -0.812. The number of hydrogen-bond acceptors (Lipinski definition) is 5. The Labute approximate surface area is 177 Å². The number of carbonyl (C=O) groups is 1. The van der Waals surface area contributed by atoms with Crippen molar-refractivity contribution < 1.29 is 19.0 Å². The Balaban J connectivity index is 1.56. The number of halogens is 2. The zero-order valence-corrected chi connectivity index (χ0v) is 16.9. The minimum absolute atomic E-state index is 0.307. The third kappa shape index (κ3) is 3.93. The number of ether oxygens (including phenoxy) is 1. The molecule has 2 aromatic carbocycles. The van der Waals surface area contributed by atoms with Gasteiger partial charge in [0.05, 0.1) is 18.6 Å². The molecule has 1 saturated heterocycles. The zero-order valence-electron chi connectivity index (χ0n) is 16.2. The van der Waals surface area contributed by atoms with Gasteiger partial charge in [0.2, 0.25) is 5.95 Å². The van der Waals surface area contributed by atoms with Crippen molar-refractivity contribution in [2.75, 3.05) is 25.1 Å². The third-order valence-corrected chi connectivity index (χ3v) is 5.35. The van der Waals surface area contributed by atoms with Crippen LogP contribution in [0.5, 0.6) is 5.75 Å². The summed E-state index contributed by atoms with van der Waals surface area (Å²) in [6, 6.07) is 10.4. The number of aromatic nitrogens is 2. The lowest BCUT2D eigenvalue weighted by Crippen LogP contribution is -2.51. The second kappa shape index (κ2) is 8.28. The van der Waals surface area contributed by atoms with Crippen molar-refractivity contribution in [1.29, 1.82) is 0 Å². The lowest BCUT2D eigenvalue weighted by Gasteiger charge is -2.36. The van der Waals surface area contributed by atoms with E-state index in [1.54, 1.807) is 53.7 Å². The fourth-order valence-electron chi connectivity index (χ4n) is 3.44. The number of benzene rings is 2. The van der Waals surface area contributed by atoms with E-state index in [0.29, 0.717) is 52.9 Å². The number of aliphatic carboxylic acids is 1. The topological polar surface area (TPSA) is 75.5 Å². The highest BCUT2D eigenvalue weighted by Gasteiger charge is 2.34. The van der Waals surface area contributed by atoms with Gasteiger partial charge in [0.25, 0.3) is 0 Å². The molecule has 30 heavy (non-hydrogen) atoms. The predicted octanol–water partition coefficient (Wildman–Crippen LogP) is 4.06. The lowest BCUT2D eigenvalue weighted by molar-refractivity contribution is -0.142. The number of carboxylic acids is 1. The first-order valence-corrected chi connectivity index (χ1v) is 9.74. The Kier molecular flexibility index (Phi) is 5.55. The van der Waals surface area contributed by atoms with Crippen molar-refractivity contribution >= 4 is 23.5 Å². The normalized spacial score (nSPS) is 13.8. The van der Waals surface area contributed by atoms with E-state index >= 15 is 4.39 Å². The van der Waals surface area contributed by atoms with E-state index < -0.39 is 5.97 Å². The summed E-state index contributed by atoms with van der Waals surface area (Å²) < 4.78 is 20.7. The molecule has 3 aromatic rings. The maximum Gasteiger partial charge on any atom is 0.310 e. The quantitative estimate of drug-likeness (QED) is 0.639. The molecule has 0 amide bonds. The van der Waals surface area contributed by atoms with Gasteiger partial charge in [-0.3, -0.25) is 4.79 Å². The highest BCUT2D eigenvalue weighted by atomic mass is 35.5. The fraction of sp³-hybridized carbons (Fsp3) is 0.227. The van der Waals surface area contributed by atoms with Gasteiger partial charge in [0.1, 0.15) is 11.6 Å². The molecule has 0 atom stereocenters. The summed E-state index contributed by atoms with van der Waals surface area (Å²) in [5.74, 6) is -0.672. The van der Waals surface area contributed by atoms with E-state index in [9.17, 15) is 4.79 Å². The van der Waals surface area contributed by atoms with Crippen LogP contribution in [-0.2, 0) is 11.2 Å². The lowest BCUT2D eigenvalue weighted by atomic mass is 9.98. The molecule has 0 spiro atoms. The molecule has 0 unspecified atom stereocenters. The average molecular weight is 428 g/mol. The summed E-state index contributed by atoms with van der Waals surface area (Å²) in [6.07, 6.45) is 3.58. The van der Waals surface area contributed by atoms with Gasteiger partial charge in [-0.15, -0.1) is 0 Å². The summed E-state index contributed by atoms with van der Waals surface area (Å²) in [7, 11) is 1.50. The number of anilines is 1. The highest BCUT2D eigenvalue weighted by molar-refractivity contribution is 6.30. The van der Waals surface area contributed by atoms with Gasteiger partial charge in [-0.1, -0.05) is 29.8 Å². The van der Waals surface area contributed by atoms with Crippen LogP contribution >= 0.6 is 11.6 Å². The van der Waals surface area contributed by atoms with Crippen LogP contribution < -0.4 is 9.64 Å². The van der Waals surface area contributed by atoms with Crippen molar-refractivity contribution in [3.8, 4) is 16.9 Å². The molecule has 0 aliphatic carbocycles.